The number of amidine groups is 1. The highest BCUT2D eigenvalue weighted by molar-refractivity contribution is 5.88. The summed E-state index contributed by atoms with van der Waals surface area (Å²) in [5, 5.41) is 16.8. The van der Waals surface area contributed by atoms with Gasteiger partial charge in [0.25, 0.3) is 0 Å². The molecule has 1 unspecified atom stereocenters. The quantitative estimate of drug-likeness (QED) is 0.298. The van der Waals surface area contributed by atoms with Crippen LogP contribution >= 0.6 is 0 Å². The molecule has 0 aromatic rings. The van der Waals surface area contributed by atoms with E-state index in [1.54, 1.807) is 0 Å². The van der Waals surface area contributed by atoms with Gasteiger partial charge >= 0.3 is 18.0 Å². The van der Waals surface area contributed by atoms with Crippen LogP contribution in [0.15, 0.2) is 0 Å². The van der Waals surface area contributed by atoms with Crippen molar-refractivity contribution in [1.82, 2.24) is 10.4 Å². The van der Waals surface area contributed by atoms with Crippen LogP contribution in [0.3, 0.4) is 0 Å². The maximum Gasteiger partial charge on any atom is 0.407 e. The summed E-state index contributed by atoms with van der Waals surface area (Å²) in [6.45, 7) is 0.348. The number of esters is 1. The number of methoxy groups -OCH3 is 1. The Bertz CT molecular complexity index is 425. The van der Waals surface area contributed by atoms with Crippen LogP contribution in [0.2, 0.25) is 0 Å². The van der Waals surface area contributed by atoms with E-state index in [1.165, 1.54) is 7.11 Å². The lowest BCUT2D eigenvalue weighted by molar-refractivity contribution is -0.152. The van der Waals surface area contributed by atoms with Crippen molar-refractivity contribution < 1.29 is 29.1 Å². The number of carboxylic acid groups (broad SMARTS) is 1. The Morgan fingerprint density at radius 3 is 2.57 bits per heavy atom. The third-order valence-corrected chi connectivity index (χ3v) is 3.12. The number of piperidine rings is 1. The summed E-state index contributed by atoms with van der Waals surface area (Å²) in [4.78, 5) is 39.0. The summed E-state index contributed by atoms with van der Waals surface area (Å²) in [6, 6.07) is -0.648. The van der Waals surface area contributed by atoms with E-state index in [0.29, 0.717) is 13.0 Å². The topological polar surface area (TPSA) is 129 Å². The monoisotopic (exact) mass is 301 g/mol. The van der Waals surface area contributed by atoms with E-state index in [9.17, 15) is 14.4 Å². The molecule has 1 aliphatic rings. The molecular formula is C12H19N3O6. The lowest BCUT2D eigenvalue weighted by atomic mass is 10.0. The maximum atomic E-state index is 11.3. The Labute approximate surface area is 121 Å². The largest absolute Gasteiger partial charge is 0.469 e. The molecule has 1 aliphatic heterocycles. The number of hydrogen-bond donors (Lipinski definition) is 3. The zero-order valence-electron chi connectivity index (χ0n) is 11.8. The second-order valence-electron chi connectivity index (χ2n) is 4.55. The molecule has 0 saturated carbocycles. The van der Waals surface area contributed by atoms with Crippen molar-refractivity contribution in [3.63, 3.8) is 0 Å². The van der Waals surface area contributed by atoms with Gasteiger partial charge in [-0.15, -0.1) is 0 Å². The number of carbonyl (C=O) groups is 3. The number of carbonyl (C=O) groups excluding carboxylic acids is 2. The minimum absolute atomic E-state index is 0.116. The number of ether oxygens (including phenoxy) is 1. The third-order valence-electron chi connectivity index (χ3n) is 3.12. The van der Waals surface area contributed by atoms with Crippen LogP contribution in [0.5, 0.6) is 0 Å². The molecule has 9 nitrogen and oxygen atoms in total. The summed E-state index contributed by atoms with van der Waals surface area (Å²) in [7, 11) is 1.21. The van der Waals surface area contributed by atoms with E-state index in [-0.39, 0.29) is 18.7 Å². The van der Waals surface area contributed by atoms with E-state index in [0.717, 1.165) is 17.7 Å². The molecule has 118 valence electrons. The molecule has 21 heavy (non-hydrogen) atoms. The lowest BCUT2D eigenvalue weighted by Gasteiger charge is -2.33. The minimum atomic E-state index is -1.11. The molecular weight excluding hydrogens is 282 g/mol. The molecule has 0 aromatic carbocycles. The minimum Gasteiger partial charge on any atom is -0.469 e. The van der Waals surface area contributed by atoms with Crippen LogP contribution in [-0.4, -0.2) is 53.6 Å². The van der Waals surface area contributed by atoms with Gasteiger partial charge in [0, 0.05) is 6.54 Å². The first-order chi connectivity index (χ1) is 9.95. The Kier molecular flexibility index (Phi) is 6.44. The van der Waals surface area contributed by atoms with Crippen LogP contribution in [0.4, 0.5) is 4.79 Å². The first kappa shape index (κ1) is 16.7. The summed E-state index contributed by atoms with van der Waals surface area (Å²) in [6.07, 6.45) is 0.639. The first-order valence-corrected chi connectivity index (χ1v) is 6.56. The van der Waals surface area contributed by atoms with Gasteiger partial charge in [0.2, 0.25) is 0 Å². The lowest BCUT2D eigenvalue weighted by Crippen LogP contribution is -2.51. The molecule has 1 heterocycles. The number of nitrogens with zero attached hydrogens (tertiary/aromatic N) is 1. The van der Waals surface area contributed by atoms with Gasteiger partial charge in [-0.05, 0) is 19.3 Å². The molecule has 0 spiro atoms. The molecule has 0 aliphatic carbocycles. The standard InChI is InChI=1S/C12H19N3O6/c1-20-9(16)5-6-10(17)21-14-11(13)8-4-2-3-7-15(8)12(18)19/h8H,2-7H2,1H3,(H2,13,14)(H,18,19). The highest BCUT2D eigenvalue weighted by atomic mass is 16.7. The molecule has 1 atom stereocenters. The number of rotatable bonds is 4. The van der Waals surface area contributed by atoms with Gasteiger partial charge in [-0.25, -0.2) is 15.1 Å². The van der Waals surface area contributed by atoms with Crippen LogP contribution in [0.25, 0.3) is 0 Å². The fraction of sp³-hybridized carbons (Fsp3) is 0.667. The van der Waals surface area contributed by atoms with E-state index in [2.05, 4.69) is 15.1 Å². The predicted molar refractivity (Wildman–Crippen MR) is 70.6 cm³/mol. The molecule has 1 amide bonds. The average molecular weight is 301 g/mol. The van der Waals surface area contributed by atoms with Crippen molar-refractivity contribution in [3.8, 4) is 0 Å². The summed E-state index contributed by atoms with van der Waals surface area (Å²) in [5.41, 5.74) is 2.16. The summed E-state index contributed by atoms with van der Waals surface area (Å²) >= 11 is 0. The highest BCUT2D eigenvalue weighted by Crippen LogP contribution is 2.17. The van der Waals surface area contributed by atoms with Gasteiger partial charge in [-0.3, -0.25) is 15.1 Å². The highest BCUT2D eigenvalue weighted by Gasteiger charge is 2.30. The Balaban J connectivity index is 2.39. The van der Waals surface area contributed by atoms with E-state index in [1.807, 2.05) is 0 Å². The van der Waals surface area contributed by atoms with Crippen molar-refractivity contribution in [2.45, 2.75) is 38.1 Å². The molecule has 0 radical (unpaired) electrons. The molecule has 3 N–H and O–H groups in total. The smallest absolute Gasteiger partial charge is 0.407 e. The second-order valence-corrected chi connectivity index (χ2v) is 4.55. The van der Waals surface area contributed by atoms with E-state index < -0.39 is 24.1 Å². The van der Waals surface area contributed by atoms with Gasteiger partial charge in [0.05, 0.1) is 26.0 Å². The fourth-order valence-electron chi connectivity index (χ4n) is 2.00. The molecule has 1 fully saturated rings. The van der Waals surface area contributed by atoms with Crippen molar-refractivity contribution in [1.29, 1.82) is 5.41 Å². The summed E-state index contributed by atoms with van der Waals surface area (Å²) in [5.74, 6) is -1.45. The zero-order valence-corrected chi connectivity index (χ0v) is 11.8. The van der Waals surface area contributed by atoms with Gasteiger partial charge in [-0.1, -0.05) is 0 Å². The Morgan fingerprint density at radius 1 is 1.29 bits per heavy atom. The van der Waals surface area contributed by atoms with Crippen LogP contribution in [0.1, 0.15) is 32.1 Å². The first-order valence-electron chi connectivity index (χ1n) is 6.56. The van der Waals surface area contributed by atoms with Gasteiger partial charge in [-0.2, -0.15) is 0 Å². The van der Waals surface area contributed by atoms with Gasteiger partial charge in [0.15, 0.2) is 5.84 Å². The molecule has 1 saturated heterocycles. The SMILES string of the molecule is COC(=O)CCC(=O)ONC(=N)C1CCCCN1C(=O)O. The van der Waals surface area contributed by atoms with Crippen LogP contribution < -0.4 is 5.48 Å². The average Bonchev–Trinajstić information content (AvgIpc) is 2.49. The second kappa shape index (κ2) is 8.08. The normalized spacial score (nSPS) is 17.8. The van der Waals surface area contributed by atoms with E-state index in [4.69, 9.17) is 10.5 Å². The number of amides is 1. The van der Waals surface area contributed by atoms with E-state index >= 15 is 0 Å². The van der Waals surface area contributed by atoms with Gasteiger partial charge in [0.1, 0.15) is 0 Å². The Hall–Kier alpha value is -2.32. The van der Waals surface area contributed by atoms with Crippen LogP contribution in [0, 0.1) is 5.41 Å². The predicted octanol–water partition coefficient (Wildman–Crippen LogP) is 0.497. The molecule has 9 heteroatoms. The Morgan fingerprint density at radius 2 is 1.95 bits per heavy atom. The maximum absolute atomic E-state index is 11.3. The number of hydroxylamine groups is 1. The molecule has 1 rings (SSSR count). The molecule has 0 aromatic heterocycles. The van der Waals surface area contributed by atoms with Crippen molar-refractivity contribution in [2.24, 2.45) is 0 Å². The summed E-state index contributed by atoms with van der Waals surface area (Å²) < 4.78 is 4.38. The fourth-order valence-corrected chi connectivity index (χ4v) is 2.00. The van der Waals surface area contributed by atoms with Crippen molar-refractivity contribution in [2.75, 3.05) is 13.7 Å². The third kappa shape index (κ3) is 5.28. The number of likely N-dealkylation sites (tertiary alicyclic amines) is 1. The molecule has 0 bridgehead atoms. The van der Waals surface area contributed by atoms with Gasteiger partial charge < -0.3 is 14.7 Å². The van der Waals surface area contributed by atoms with Crippen molar-refractivity contribution in [3.05, 3.63) is 0 Å². The van der Waals surface area contributed by atoms with Crippen LogP contribution in [-0.2, 0) is 19.2 Å². The number of hydrogen-bond acceptors (Lipinski definition) is 6. The van der Waals surface area contributed by atoms with Crippen molar-refractivity contribution >= 4 is 23.9 Å². The number of nitrogens with one attached hydrogen (secondary N) is 2. The zero-order chi connectivity index (χ0) is 15.8.